The van der Waals surface area contributed by atoms with Crippen LogP contribution in [0.5, 0.6) is 0 Å². The smallest absolute Gasteiger partial charge is 0.353 e. The second kappa shape index (κ2) is 8.72. The van der Waals surface area contributed by atoms with Crippen molar-refractivity contribution >= 4 is 63.3 Å². The number of carboxylic acid groups (broad SMARTS) is 1. The first kappa shape index (κ1) is 22.0. The first-order valence-electron chi connectivity index (χ1n) is 9.01. The number of fused-ring (bicyclic) bond motifs is 1. The number of carbonyl (C=O) groups is 3. The van der Waals surface area contributed by atoms with Crippen molar-refractivity contribution in [2.45, 2.75) is 29.8 Å². The Bertz CT molecular complexity index is 1170. The Hall–Kier alpha value is -3.23. The summed E-state index contributed by atoms with van der Waals surface area (Å²) in [5, 5.41) is 31.9. The lowest BCUT2D eigenvalue weighted by Crippen LogP contribution is -2.72. The lowest BCUT2D eigenvalue weighted by molar-refractivity contribution is -0.155. The summed E-state index contributed by atoms with van der Waals surface area (Å²) in [4.78, 5) is 43.6. The number of aromatic nitrogens is 3. The number of aliphatic carboxylic acids is 1. The summed E-state index contributed by atoms with van der Waals surface area (Å²) in [6, 6.07) is 0.134. The number of hydrogen-bond acceptors (Lipinski definition) is 11. The van der Waals surface area contributed by atoms with Crippen molar-refractivity contribution in [3.63, 3.8) is 0 Å². The van der Waals surface area contributed by atoms with E-state index in [-0.39, 0.29) is 20.9 Å². The van der Waals surface area contributed by atoms with Crippen LogP contribution < -0.4 is 11.1 Å². The van der Waals surface area contributed by atoms with Gasteiger partial charge in [-0.05, 0) is 18.9 Å². The molecule has 0 saturated carbocycles. The zero-order valence-electron chi connectivity index (χ0n) is 15.9. The van der Waals surface area contributed by atoms with E-state index in [0.29, 0.717) is 22.6 Å². The maximum Gasteiger partial charge on any atom is 0.353 e. The Morgan fingerprint density at radius 2 is 2.19 bits per heavy atom. The summed E-state index contributed by atoms with van der Waals surface area (Å²) in [5.41, 5.74) is 4.81. The number of anilines is 1. The highest BCUT2D eigenvalue weighted by Crippen LogP contribution is 2.43. The molecule has 1 fully saturated rings. The van der Waals surface area contributed by atoms with Crippen LogP contribution >= 0.6 is 34.7 Å². The number of thioether (sulfide) groups is 1. The van der Waals surface area contributed by atoms with Crippen molar-refractivity contribution in [3.05, 3.63) is 39.1 Å². The molecular formula is C17H14ClN7O5S2. The Kier molecular flexibility index (Phi) is 5.99. The lowest BCUT2D eigenvalue weighted by atomic mass is 9.86. The summed E-state index contributed by atoms with van der Waals surface area (Å²) in [6.45, 7) is 0. The molecule has 15 heteroatoms. The number of oxime groups is 1. The standard InChI is InChI=1S/C17H14ClN7O5S2/c18-13-10(23-17(19)32-13)11(24-30)14(26)22-9-7-1-2-8(31-6-3-4-20-21-5-6)12(16(28)29)25(7)15(9)27/h3-5,7,9,30H,1-2H2,(H2,19,23)(H,22,26)(H,28,29)/b24-11-/t7-,9+/m1/s1. The molecule has 2 aromatic heterocycles. The van der Waals surface area contributed by atoms with Gasteiger partial charge in [-0.1, -0.05) is 39.9 Å². The maximum atomic E-state index is 12.8. The number of carbonyl (C=O) groups excluding carboxylic acids is 2. The zero-order chi connectivity index (χ0) is 23.0. The van der Waals surface area contributed by atoms with Crippen molar-refractivity contribution in [1.29, 1.82) is 0 Å². The van der Waals surface area contributed by atoms with Gasteiger partial charge in [-0.15, -0.1) is 0 Å². The van der Waals surface area contributed by atoms with Gasteiger partial charge < -0.3 is 21.4 Å². The van der Waals surface area contributed by atoms with Gasteiger partial charge in [0.05, 0.1) is 18.4 Å². The fourth-order valence-electron chi connectivity index (χ4n) is 3.48. The number of amides is 2. The number of allylic oxidation sites excluding steroid dienone is 1. The van der Waals surface area contributed by atoms with E-state index in [1.54, 1.807) is 6.07 Å². The minimum Gasteiger partial charge on any atom is -0.477 e. The molecule has 0 spiro atoms. The summed E-state index contributed by atoms with van der Waals surface area (Å²) in [7, 11) is 0. The molecule has 2 aliphatic heterocycles. The van der Waals surface area contributed by atoms with Gasteiger partial charge in [0.1, 0.15) is 21.8 Å². The van der Waals surface area contributed by atoms with Crippen LogP contribution in [0.3, 0.4) is 0 Å². The molecule has 2 amide bonds. The van der Waals surface area contributed by atoms with E-state index >= 15 is 0 Å². The van der Waals surface area contributed by atoms with E-state index in [4.69, 9.17) is 17.3 Å². The maximum absolute atomic E-state index is 12.8. The molecule has 2 aromatic rings. The highest BCUT2D eigenvalue weighted by Gasteiger charge is 2.53. The van der Waals surface area contributed by atoms with Crippen molar-refractivity contribution in [3.8, 4) is 0 Å². The number of nitrogens with zero attached hydrogens (tertiary/aromatic N) is 5. The largest absolute Gasteiger partial charge is 0.477 e. The molecule has 2 aliphatic rings. The molecule has 0 unspecified atom stereocenters. The van der Waals surface area contributed by atoms with Gasteiger partial charge in [-0.3, -0.25) is 14.5 Å². The van der Waals surface area contributed by atoms with E-state index in [1.165, 1.54) is 24.2 Å². The number of nitrogens with two attached hydrogens (primary N) is 1. The highest BCUT2D eigenvalue weighted by atomic mass is 35.5. The third kappa shape index (κ3) is 3.87. The zero-order valence-corrected chi connectivity index (χ0v) is 18.3. The normalized spacial score (nSPS) is 20.6. The fourth-order valence-corrected chi connectivity index (χ4v) is 5.43. The minimum absolute atomic E-state index is 0.0491. The number of hydrogen-bond donors (Lipinski definition) is 4. The molecule has 166 valence electrons. The third-order valence-corrected chi connectivity index (χ3v) is 7.03. The number of rotatable bonds is 6. The van der Waals surface area contributed by atoms with Crippen LogP contribution in [-0.4, -0.2) is 66.0 Å². The minimum atomic E-state index is -1.25. The van der Waals surface area contributed by atoms with Crippen LogP contribution in [0, 0.1) is 0 Å². The summed E-state index contributed by atoms with van der Waals surface area (Å²) in [6.07, 6.45) is 3.78. The number of halogens is 1. The van der Waals surface area contributed by atoms with Gasteiger partial charge in [0.15, 0.2) is 10.8 Å². The molecule has 2 atom stereocenters. The first-order valence-corrected chi connectivity index (χ1v) is 11.0. The van der Waals surface area contributed by atoms with E-state index < -0.39 is 35.6 Å². The summed E-state index contributed by atoms with van der Waals surface area (Å²) >= 11 is 8.06. The molecule has 5 N–H and O–H groups in total. The van der Waals surface area contributed by atoms with E-state index in [9.17, 15) is 24.7 Å². The van der Waals surface area contributed by atoms with Gasteiger partial charge >= 0.3 is 5.97 Å². The highest BCUT2D eigenvalue weighted by molar-refractivity contribution is 8.03. The first-order chi connectivity index (χ1) is 15.3. The molecule has 0 radical (unpaired) electrons. The number of β-lactam (4-membered cyclic amide) rings is 1. The topological polar surface area (TPSA) is 184 Å². The van der Waals surface area contributed by atoms with E-state index in [0.717, 1.165) is 16.2 Å². The summed E-state index contributed by atoms with van der Waals surface area (Å²) in [5.74, 6) is -2.73. The van der Waals surface area contributed by atoms with Crippen LogP contribution in [0.4, 0.5) is 5.13 Å². The molecule has 0 aliphatic carbocycles. The fraction of sp³-hybridized carbons (Fsp3) is 0.235. The van der Waals surface area contributed by atoms with Crippen LogP contribution in [0.2, 0.25) is 4.34 Å². The van der Waals surface area contributed by atoms with Gasteiger partial charge in [0, 0.05) is 9.80 Å². The Morgan fingerprint density at radius 1 is 1.41 bits per heavy atom. The van der Waals surface area contributed by atoms with Gasteiger partial charge in [-0.2, -0.15) is 10.2 Å². The molecular weight excluding hydrogens is 482 g/mol. The monoisotopic (exact) mass is 495 g/mol. The van der Waals surface area contributed by atoms with Crippen molar-refractivity contribution in [1.82, 2.24) is 25.4 Å². The molecule has 1 saturated heterocycles. The predicted molar refractivity (Wildman–Crippen MR) is 114 cm³/mol. The Morgan fingerprint density at radius 3 is 2.78 bits per heavy atom. The van der Waals surface area contributed by atoms with Crippen LogP contribution in [0.1, 0.15) is 18.5 Å². The van der Waals surface area contributed by atoms with Crippen LogP contribution in [0.25, 0.3) is 0 Å². The SMILES string of the molecule is Nc1nc(/C(=N/O)C(=O)N[C@@H]2C(=O)N3C(C(=O)O)=C(Sc4ccnnc4)CC[C@H]23)c(Cl)s1. The average Bonchev–Trinajstić information content (AvgIpc) is 3.10. The van der Waals surface area contributed by atoms with Crippen LogP contribution in [0.15, 0.2) is 39.1 Å². The Labute approximate surface area is 193 Å². The Balaban J connectivity index is 1.53. The second-order valence-electron chi connectivity index (χ2n) is 6.65. The third-order valence-electron chi connectivity index (χ3n) is 4.82. The molecule has 4 heterocycles. The van der Waals surface area contributed by atoms with Gasteiger partial charge in [0.2, 0.25) is 0 Å². The van der Waals surface area contributed by atoms with Crippen molar-refractivity contribution in [2.75, 3.05) is 5.73 Å². The average molecular weight is 496 g/mol. The number of nitrogen functional groups attached to an aromatic ring is 1. The number of carboxylic acids is 1. The number of nitrogens with one attached hydrogen (secondary N) is 1. The predicted octanol–water partition coefficient (Wildman–Crippen LogP) is 0.925. The molecule has 4 rings (SSSR count). The summed E-state index contributed by atoms with van der Waals surface area (Å²) < 4.78 is 0.0491. The molecule has 32 heavy (non-hydrogen) atoms. The van der Waals surface area contributed by atoms with E-state index in [2.05, 4.69) is 25.7 Å². The van der Waals surface area contributed by atoms with Crippen LogP contribution in [-0.2, 0) is 14.4 Å². The van der Waals surface area contributed by atoms with Gasteiger partial charge in [0.25, 0.3) is 11.8 Å². The molecule has 0 bridgehead atoms. The quantitative estimate of drug-likeness (QED) is 0.194. The molecule has 0 aromatic carbocycles. The van der Waals surface area contributed by atoms with Gasteiger partial charge in [-0.25, -0.2) is 9.78 Å². The second-order valence-corrected chi connectivity index (χ2v) is 9.45. The van der Waals surface area contributed by atoms with Crippen molar-refractivity contribution in [2.24, 2.45) is 5.16 Å². The van der Waals surface area contributed by atoms with Crippen molar-refractivity contribution < 1.29 is 24.7 Å². The van der Waals surface area contributed by atoms with E-state index in [1.807, 2.05) is 0 Å². The number of thiazole rings is 1. The lowest BCUT2D eigenvalue weighted by Gasteiger charge is -2.50. The molecule has 12 nitrogen and oxygen atoms in total.